The molecule has 0 bridgehead atoms. The van der Waals surface area contributed by atoms with E-state index in [1.54, 1.807) is 39.3 Å². The number of amides is 1. The van der Waals surface area contributed by atoms with E-state index >= 15 is 0 Å². The lowest BCUT2D eigenvalue weighted by Crippen LogP contribution is -2.17. The smallest absolute Gasteiger partial charge is 0.283 e. The van der Waals surface area contributed by atoms with Gasteiger partial charge in [0.2, 0.25) is 0 Å². The molecule has 1 aromatic carbocycles. The van der Waals surface area contributed by atoms with Gasteiger partial charge in [-0.1, -0.05) is 0 Å². The molecule has 0 fully saturated rings. The molecule has 0 aliphatic carbocycles. The molecule has 1 N–H and O–H groups in total. The molecule has 0 spiro atoms. The highest BCUT2D eigenvalue weighted by atomic mass is 32.1. The second-order valence-corrected chi connectivity index (χ2v) is 5.66. The van der Waals surface area contributed by atoms with Crippen LogP contribution in [0.3, 0.4) is 0 Å². The maximum atomic E-state index is 12.0. The Morgan fingerprint density at radius 3 is 2.68 bits per heavy atom. The fourth-order valence-corrected chi connectivity index (χ4v) is 2.70. The average molecular weight is 319 g/mol. The number of carbonyl (C=O) groups excluding carboxylic acids is 1. The minimum absolute atomic E-state index is 0.277. The van der Waals surface area contributed by atoms with Crippen molar-refractivity contribution in [2.24, 2.45) is 5.10 Å². The van der Waals surface area contributed by atoms with Gasteiger partial charge in [-0.2, -0.15) is 5.10 Å². The monoisotopic (exact) mass is 319 g/mol. The number of methoxy groups -OCH3 is 2. The Labute approximate surface area is 132 Å². The summed E-state index contributed by atoms with van der Waals surface area (Å²) in [4.78, 5) is 16.8. The molecule has 0 atom stereocenters. The minimum atomic E-state index is -0.277. The van der Waals surface area contributed by atoms with Gasteiger partial charge in [0, 0.05) is 5.56 Å². The summed E-state index contributed by atoms with van der Waals surface area (Å²) >= 11 is 1.34. The Morgan fingerprint density at radius 2 is 2.09 bits per heavy atom. The second kappa shape index (κ2) is 7.04. The summed E-state index contributed by atoms with van der Waals surface area (Å²) in [5, 5.41) is 4.82. The van der Waals surface area contributed by atoms with Crippen molar-refractivity contribution in [3.63, 3.8) is 0 Å². The molecule has 0 unspecified atom stereocenters. The van der Waals surface area contributed by atoms with Crippen LogP contribution < -0.4 is 14.9 Å². The summed E-state index contributed by atoms with van der Waals surface area (Å²) in [6.45, 7) is 3.66. The largest absolute Gasteiger partial charge is 0.497 e. The molecular formula is C15H17N3O3S. The zero-order valence-electron chi connectivity index (χ0n) is 12.8. The van der Waals surface area contributed by atoms with Crippen molar-refractivity contribution in [2.45, 2.75) is 13.8 Å². The Balaban J connectivity index is 2.12. The molecule has 1 amide bonds. The molecule has 1 aromatic heterocycles. The van der Waals surface area contributed by atoms with E-state index in [-0.39, 0.29) is 5.91 Å². The predicted molar refractivity (Wildman–Crippen MR) is 86.2 cm³/mol. The highest BCUT2D eigenvalue weighted by Crippen LogP contribution is 2.22. The number of ether oxygens (including phenoxy) is 2. The Bertz CT molecular complexity index is 710. The van der Waals surface area contributed by atoms with Crippen LogP contribution in [-0.2, 0) is 0 Å². The van der Waals surface area contributed by atoms with Crippen LogP contribution in [0.5, 0.6) is 11.5 Å². The quantitative estimate of drug-likeness (QED) is 0.679. The van der Waals surface area contributed by atoms with Crippen LogP contribution in [0.2, 0.25) is 0 Å². The van der Waals surface area contributed by atoms with Crippen molar-refractivity contribution >= 4 is 23.5 Å². The van der Waals surface area contributed by atoms with E-state index < -0.39 is 0 Å². The van der Waals surface area contributed by atoms with Crippen LogP contribution in [0.25, 0.3) is 0 Å². The van der Waals surface area contributed by atoms with E-state index in [4.69, 9.17) is 9.47 Å². The van der Waals surface area contributed by atoms with Gasteiger partial charge in [0.05, 0.1) is 31.1 Å². The molecule has 6 nitrogen and oxygen atoms in total. The van der Waals surface area contributed by atoms with Gasteiger partial charge in [0.1, 0.15) is 16.4 Å². The second-order valence-electron chi connectivity index (χ2n) is 4.45. The van der Waals surface area contributed by atoms with E-state index in [0.717, 1.165) is 5.01 Å². The van der Waals surface area contributed by atoms with Crippen LogP contribution in [0, 0.1) is 13.8 Å². The molecule has 0 radical (unpaired) electrons. The van der Waals surface area contributed by atoms with Crippen LogP contribution >= 0.6 is 11.3 Å². The third-order valence-electron chi connectivity index (χ3n) is 2.92. The maximum absolute atomic E-state index is 12.0. The van der Waals surface area contributed by atoms with Crippen molar-refractivity contribution in [2.75, 3.05) is 14.2 Å². The molecule has 0 aliphatic rings. The third-order valence-corrected chi connectivity index (χ3v) is 3.99. The molecule has 2 aromatic rings. The SMILES string of the molecule is COc1ccc(OC)c(/C=N/NC(=O)c2sc(C)nc2C)c1. The van der Waals surface area contributed by atoms with Gasteiger partial charge in [0.25, 0.3) is 5.91 Å². The number of benzene rings is 1. The number of nitrogens with one attached hydrogen (secondary N) is 1. The Morgan fingerprint density at radius 1 is 1.32 bits per heavy atom. The molecule has 2 rings (SSSR count). The van der Waals surface area contributed by atoms with Gasteiger partial charge in [-0.05, 0) is 32.0 Å². The zero-order chi connectivity index (χ0) is 16.1. The lowest BCUT2D eigenvalue weighted by atomic mass is 10.2. The first-order valence-electron chi connectivity index (χ1n) is 6.54. The fraction of sp³-hybridized carbons (Fsp3) is 0.267. The number of thiazole rings is 1. The van der Waals surface area contributed by atoms with Crippen LogP contribution in [0.1, 0.15) is 25.9 Å². The summed E-state index contributed by atoms with van der Waals surface area (Å²) in [6, 6.07) is 5.34. The molecule has 0 aliphatic heterocycles. The summed E-state index contributed by atoms with van der Waals surface area (Å²) in [7, 11) is 3.15. The van der Waals surface area contributed by atoms with Crippen LogP contribution in [-0.4, -0.2) is 31.3 Å². The standard InChI is InChI=1S/C15H17N3O3S/c1-9-14(22-10(2)17-9)15(19)18-16-8-11-7-12(20-3)5-6-13(11)21-4/h5-8H,1-4H3,(H,18,19)/b16-8+. The lowest BCUT2D eigenvalue weighted by molar-refractivity contribution is 0.0958. The molecule has 116 valence electrons. The third kappa shape index (κ3) is 3.62. The fourth-order valence-electron chi connectivity index (χ4n) is 1.89. The molecular weight excluding hydrogens is 302 g/mol. The van der Waals surface area contributed by atoms with Crippen molar-refractivity contribution in [1.82, 2.24) is 10.4 Å². The minimum Gasteiger partial charge on any atom is -0.497 e. The molecule has 0 saturated carbocycles. The highest BCUT2D eigenvalue weighted by molar-refractivity contribution is 7.13. The zero-order valence-corrected chi connectivity index (χ0v) is 13.7. The summed E-state index contributed by atoms with van der Waals surface area (Å²) < 4.78 is 10.4. The van der Waals surface area contributed by atoms with Gasteiger partial charge < -0.3 is 9.47 Å². The van der Waals surface area contributed by atoms with Crippen molar-refractivity contribution in [1.29, 1.82) is 0 Å². The first-order valence-corrected chi connectivity index (χ1v) is 7.36. The van der Waals surface area contributed by atoms with Crippen LogP contribution in [0.15, 0.2) is 23.3 Å². The van der Waals surface area contributed by atoms with Crippen LogP contribution in [0.4, 0.5) is 0 Å². The van der Waals surface area contributed by atoms with E-state index in [1.165, 1.54) is 17.6 Å². The number of hydrogen-bond acceptors (Lipinski definition) is 6. The van der Waals surface area contributed by atoms with E-state index in [1.807, 2.05) is 6.92 Å². The number of hydrogen-bond donors (Lipinski definition) is 1. The van der Waals surface area contributed by atoms with E-state index in [9.17, 15) is 4.79 Å². The Hall–Kier alpha value is -2.41. The molecule has 22 heavy (non-hydrogen) atoms. The topological polar surface area (TPSA) is 72.8 Å². The van der Waals surface area contributed by atoms with Gasteiger partial charge >= 0.3 is 0 Å². The predicted octanol–water partition coefficient (Wildman–Crippen LogP) is 2.54. The summed E-state index contributed by atoms with van der Waals surface area (Å²) in [6.07, 6.45) is 1.52. The summed E-state index contributed by atoms with van der Waals surface area (Å²) in [5.41, 5.74) is 3.91. The molecule has 7 heteroatoms. The normalized spacial score (nSPS) is 10.7. The summed E-state index contributed by atoms with van der Waals surface area (Å²) in [5.74, 6) is 1.05. The first kappa shape index (κ1) is 16.0. The van der Waals surface area contributed by atoms with Gasteiger partial charge in [-0.15, -0.1) is 11.3 Å². The van der Waals surface area contributed by atoms with Gasteiger partial charge in [-0.3, -0.25) is 4.79 Å². The maximum Gasteiger partial charge on any atom is 0.283 e. The lowest BCUT2D eigenvalue weighted by Gasteiger charge is -2.06. The van der Waals surface area contributed by atoms with Crippen molar-refractivity contribution in [3.05, 3.63) is 39.3 Å². The first-order chi connectivity index (χ1) is 10.5. The number of nitrogens with zero attached hydrogens (tertiary/aromatic N) is 2. The molecule has 0 saturated heterocycles. The van der Waals surface area contributed by atoms with Crippen molar-refractivity contribution < 1.29 is 14.3 Å². The average Bonchev–Trinajstić information content (AvgIpc) is 2.85. The van der Waals surface area contributed by atoms with E-state index in [0.29, 0.717) is 27.6 Å². The number of aromatic nitrogens is 1. The Kier molecular flexibility index (Phi) is 5.11. The van der Waals surface area contributed by atoms with E-state index in [2.05, 4.69) is 15.5 Å². The number of carbonyl (C=O) groups is 1. The highest BCUT2D eigenvalue weighted by Gasteiger charge is 2.12. The number of hydrazone groups is 1. The van der Waals surface area contributed by atoms with Gasteiger partial charge in [-0.25, -0.2) is 10.4 Å². The van der Waals surface area contributed by atoms with Gasteiger partial charge in [0.15, 0.2) is 0 Å². The number of aryl methyl sites for hydroxylation is 2. The van der Waals surface area contributed by atoms with Crippen molar-refractivity contribution in [3.8, 4) is 11.5 Å². The molecule has 1 heterocycles. The number of rotatable bonds is 5.